The van der Waals surface area contributed by atoms with Gasteiger partial charge in [-0.05, 0) is 210 Å². The second-order valence-electron chi connectivity index (χ2n) is 34.4. The molecular formula is C132H92F4N4. The Labute approximate surface area is 840 Å². The summed E-state index contributed by atoms with van der Waals surface area (Å²) in [5.41, 5.74) is 9.89. The van der Waals surface area contributed by atoms with Gasteiger partial charge in [0.1, 0.15) is 0 Å². The normalized spacial score (nSPS) is 13.4. The average Bonchev–Trinajstić information content (AvgIpc) is 0.722. The number of hydrogen-bond donors (Lipinski definition) is 0. The van der Waals surface area contributed by atoms with Crippen LogP contribution in [0.5, 0.6) is 0 Å². The predicted octanol–water partition coefficient (Wildman–Crippen LogP) is 38.2. The molecule has 0 radical (unpaired) electrons. The molecule has 24 aromatic carbocycles. The topological polar surface area (TPSA) is 13.0 Å². The first-order valence-corrected chi connectivity index (χ1v) is 45.8. The molecular weight excluding hydrogens is 1720 g/mol. The zero-order chi connectivity index (χ0) is 112. The third-order valence-corrected chi connectivity index (χ3v) is 26.5. The van der Waals surface area contributed by atoms with E-state index in [2.05, 4.69) is 0 Å². The van der Waals surface area contributed by atoms with E-state index in [1.165, 1.54) is 19.6 Å². The first kappa shape index (κ1) is 66.6. The number of benzene rings is 24. The monoisotopic (exact) mass is 1830 g/mol. The van der Waals surface area contributed by atoms with Crippen LogP contribution < -0.4 is 19.6 Å². The van der Waals surface area contributed by atoms with Crippen LogP contribution in [-0.4, -0.2) is 0 Å². The molecule has 0 aliphatic carbocycles. The molecule has 0 N–H and O–H groups in total. The molecule has 0 aliphatic rings. The third kappa shape index (κ3) is 15.3. The molecule has 8 heteroatoms. The van der Waals surface area contributed by atoms with Crippen LogP contribution in [-0.2, 0) is 0 Å². The number of anilines is 12. The van der Waals surface area contributed by atoms with Gasteiger partial charge in [-0.1, -0.05) is 412 Å². The Morgan fingerprint density at radius 1 is 0.171 bits per heavy atom. The summed E-state index contributed by atoms with van der Waals surface area (Å²) < 4.78 is 257. The molecule has 0 amide bonds. The Hall–Kier alpha value is -17.7. The number of nitrogens with zero attached hydrogens (tertiary/aromatic N) is 4. The minimum atomic E-state index is -0.717. The zero-order valence-corrected chi connectivity index (χ0v) is 75.9. The van der Waals surface area contributed by atoms with Gasteiger partial charge >= 0.3 is 0 Å². The molecule has 0 heterocycles. The van der Waals surface area contributed by atoms with Crippen molar-refractivity contribution in [2.45, 2.75) is 27.7 Å². The average molecular weight is 1830 g/mol. The number of para-hydroxylation sites is 4. The van der Waals surface area contributed by atoms with Gasteiger partial charge in [0.2, 0.25) is 0 Å². The van der Waals surface area contributed by atoms with E-state index >= 15 is 17.6 Å². The molecule has 0 saturated carbocycles. The maximum atomic E-state index is 18.8. The van der Waals surface area contributed by atoms with Gasteiger partial charge in [0, 0.05) is 88.8 Å². The highest BCUT2D eigenvalue weighted by molar-refractivity contribution is 6.30. The van der Waals surface area contributed by atoms with Crippen molar-refractivity contribution in [1.29, 1.82) is 0 Å². The number of aryl methyl sites for hydroxylation is 4. The largest absolute Gasteiger partial charge is 0.307 e. The second kappa shape index (κ2) is 36.8. The lowest BCUT2D eigenvalue weighted by Crippen LogP contribution is -2.15. The summed E-state index contributed by atoms with van der Waals surface area (Å²) in [7, 11) is 0. The molecule has 0 spiro atoms. The van der Waals surface area contributed by atoms with Crippen LogP contribution in [0.25, 0.3) is 154 Å². The van der Waals surface area contributed by atoms with E-state index < -0.39 is 144 Å². The van der Waals surface area contributed by atoms with Crippen molar-refractivity contribution in [3.8, 4) is 89.0 Å². The summed E-state index contributed by atoms with van der Waals surface area (Å²) in [5, 5.41) is 7.14. The predicted molar refractivity (Wildman–Crippen MR) is 581 cm³/mol. The Balaban J connectivity index is 0.000000173. The lowest BCUT2D eigenvalue weighted by atomic mass is 9.90. The highest BCUT2D eigenvalue weighted by Crippen LogP contribution is 2.57. The van der Waals surface area contributed by atoms with Crippen LogP contribution in [0.15, 0.2) is 485 Å². The van der Waals surface area contributed by atoms with Gasteiger partial charge in [-0.3, -0.25) is 0 Å². The van der Waals surface area contributed by atoms with E-state index in [0.29, 0.717) is 131 Å². The van der Waals surface area contributed by atoms with Gasteiger partial charge in [0.05, 0.1) is 72.9 Å². The molecule has 668 valence electrons. The Morgan fingerprint density at radius 3 is 0.621 bits per heavy atom. The van der Waals surface area contributed by atoms with E-state index in [0.717, 1.165) is 22.3 Å². The molecule has 140 heavy (non-hydrogen) atoms. The van der Waals surface area contributed by atoms with Gasteiger partial charge in [-0.2, -0.15) is 0 Å². The van der Waals surface area contributed by atoms with Crippen LogP contribution in [0.4, 0.5) is 85.8 Å². The molecule has 0 aromatic heterocycles. The van der Waals surface area contributed by atoms with Crippen LogP contribution in [0.3, 0.4) is 0 Å². The van der Waals surface area contributed by atoms with E-state index in [-0.39, 0.29) is 90.5 Å². The zero-order valence-electron chi connectivity index (χ0n) is 95.9. The lowest BCUT2D eigenvalue weighted by Gasteiger charge is -2.32. The van der Waals surface area contributed by atoms with Crippen LogP contribution in [0, 0.1) is 51.0 Å². The summed E-state index contributed by atoms with van der Waals surface area (Å²) in [6.45, 7) is 7.56. The summed E-state index contributed by atoms with van der Waals surface area (Å²) in [6, 6.07) is 96.8. The fourth-order valence-electron chi connectivity index (χ4n) is 20.0. The SMILES string of the molecule is [2H]c1c([2H])c([2H])c(N(c2c(-c3ccccc3)ccc(-c3ccccc3)c2F)c2ccc3ccc4c(N(c5c([2H])c([2H])c([2H])c([2H])c5[2H])c5c(-c6ccccc6)ccc(-c6ccccc6)c5F)ccc5ccc2c3c54)c([2H])c1[2H].[2H]c1c([2H])c([2H])c(N(c2c(-c3ccccc3C)ccc(-c3ccccc3C)c2F)c2ccc3ccc4c(N(c5c([2H])c([2H])c([2H])c([2H])c5[2H])c5c(-c6ccccc6C)ccc(-c6ccccc6C)c5F)ccc5ccc2c3c54)c([2H])c1[2H]. The summed E-state index contributed by atoms with van der Waals surface area (Å²) in [6.07, 6.45) is 0. The molecule has 0 saturated heterocycles. The molecule has 0 bridgehead atoms. The van der Waals surface area contributed by atoms with Crippen molar-refractivity contribution >= 4 is 133 Å². The lowest BCUT2D eigenvalue weighted by molar-refractivity contribution is 0.632. The van der Waals surface area contributed by atoms with Crippen molar-refractivity contribution in [2.24, 2.45) is 0 Å². The van der Waals surface area contributed by atoms with E-state index in [1.54, 1.807) is 121 Å². The highest BCUT2D eigenvalue weighted by atomic mass is 19.1. The van der Waals surface area contributed by atoms with Gasteiger partial charge in [0.15, 0.2) is 23.3 Å². The van der Waals surface area contributed by atoms with E-state index in [9.17, 15) is 11.0 Å². The quantitative estimate of drug-likeness (QED) is 0.0557. The number of halogens is 4. The van der Waals surface area contributed by atoms with Crippen LogP contribution in [0.2, 0.25) is 0 Å². The third-order valence-electron chi connectivity index (χ3n) is 26.5. The molecule has 0 aliphatic heterocycles. The molecule has 4 nitrogen and oxygen atoms in total. The van der Waals surface area contributed by atoms with Crippen molar-refractivity contribution in [2.75, 3.05) is 19.6 Å². The maximum absolute atomic E-state index is 18.8. The van der Waals surface area contributed by atoms with Gasteiger partial charge in [0.25, 0.3) is 0 Å². The van der Waals surface area contributed by atoms with Gasteiger partial charge in [-0.15, -0.1) is 0 Å². The Bertz CT molecular complexity index is 9450. The smallest absolute Gasteiger partial charge is 0.155 e. The molecule has 0 atom stereocenters. The fourth-order valence-corrected chi connectivity index (χ4v) is 20.0. The Morgan fingerprint density at radius 2 is 0.364 bits per heavy atom. The van der Waals surface area contributed by atoms with Crippen molar-refractivity contribution in [1.82, 2.24) is 0 Å². The van der Waals surface area contributed by atoms with Crippen molar-refractivity contribution in [3.05, 3.63) is 530 Å². The van der Waals surface area contributed by atoms with Gasteiger partial charge in [-0.25, -0.2) is 17.6 Å². The molecule has 24 aromatic rings. The number of rotatable bonds is 20. The summed E-state index contributed by atoms with van der Waals surface area (Å²) >= 11 is 0. The molecule has 0 unspecified atom stereocenters. The minimum absolute atomic E-state index is 0.0654. The first-order chi connectivity index (χ1) is 77.2. The fraction of sp³-hybridized carbons (Fsp3) is 0.0303. The summed E-state index contributed by atoms with van der Waals surface area (Å²) in [4.78, 5) is 5.75. The van der Waals surface area contributed by atoms with E-state index in [1.807, 2.05) is 270 Å². The minimum Gasteiger partial charge on any atom is -0.307 e. The molecule has 24 rings (SSSR count). The standard InChI is InChI=1S/C68H50F2N2.C64H42F2N2/c1-43-19-11-15-27-51(43)55-37-39-57(53-29-17-13-21-45(53)3)67(65(55)69)71(49-23-7-5-8-24-49)61-41-33-47-32-36-60-62(42-34-48-31-35-59(61)63(47)64(48)60)72(50-25-9-6-10-26-50)68-58(54-30-18-14-22-46(54)4)40-38-56(66(68)70)52-28-16-12-20-44(52)2;65-61-51(43-19-7-1-8-20-43)37-39-53(45-23-11-3-12-24-45)63(61)67(49-27-15-5-16-28-49)57-41-33-47-32-36-56-58(42-34-48-31-35-55(57)59(47)60(48)56)68(50-29-17-6-18-30-50)64-54(46-25-13-4-14-26-46)40-38-52(62(64)66)44-21-9-2-10-22-44/h5-42H,1-4H3;1-42H/i5D,6D,7D,8D,9D,10D,23D,24D,25D,26D;5D,6D,15D,16D,17D,18D,27D,28D,29D,30D. The maximum Gasteiger partial charge on any atom is 0.155 e. The van der Waals surface area contributed by atoms with Crippen LogP contribution >= 0.6 is 0 Å². The van der Waals surface area contributed by atoms with Gasteiger partial charge < -0.3 is 19.6 Å². The van der Waals surface area contributed by atoms with Crippen LogP contribution in [0.1, 0.15) is 49.7 Å². The summed E-state index contributed by atoms with van der Waals surface area (Å²) in [5.74, 6) is -2.84. The first-order valence-electron chi connectivity index (χ1n) is 55.8. The van der Waals surface area contributed by atoms with Crippen molar-refractivity contribution in [3.63, 3.8) is 0 Å². The number of hydrogen-bond acceptors (Lipinski definition) is 4. The Kier molecular flexibility index (Phi) is 17.5. The second-order valence-corrected chi connectivity index (χ2v) is 34.4. The van der Waals surface area contributed by atoms with Crippen molar-refractivity contribution < 1.29 is 45.0 Å². The molecule has 0 fully saturated rings. The van der Waals surface area contributed by atoms with E-state index in [4.69, 9.17) is 16.4 Å². The highest BCUT2D eigenvalue weighted by Gasteiger charge is 2.34.